The lowest BCUT2D eigenvalue weighted by molar-refractivity contribution is -0.183. The predicted molar refractivity (Wildman–Crippen MR) is 160 cm³/mol. The first kappa shape index (κ1) is 39.7. The van der Waals surface area contributed by atoms with Crippen LogP contribution in [-0.4, -0.2) is 86.3 Å². The van der Waals surface area contributed by atoms with Gasteiger partial charge in [-0.1, -0.05) is 13.8 Å². The maximum absolute atomic E-state index is 12.9. The first-order chi connectivity index (χ1) is 20.5. The molecule has 1 aliphatic carbocycles. The summed E-state index contributed by atoms with van der Waals surface area (Å²) in [4.78, 5) is 50.6. The summed E-state index contributed by atoms with van der Waals surface area (Å²) in [7, 11) is 0. The van der Waals surface area contributed by atoms with Crippen molar-refractivity contribution in [3.63, 3.8) is 0 Å². The van der Waals surface area contributed by atoms with Crippen molar-refractivity contribution in [2.24, 2.45) is 21.7 Å². The molecule has 2 atom stereocenters. The predicted octanol–water partition coefficient (Wildman–Crippen LogP) is 4.07. The van der Waals surface area contributed by atoms with Crippen molar-refractivity contribution in [1.29, 1.82) is 0 Å². The number of ether oxygens (including phenoxy) is 6. The van der Waals surface area contributed by atoms with E-state index in [4.69, 9.17) is 38.6 Å². The topological polar surface area (TPSA) is 164 Å². The third kappa shape index (κ3) is 12.3. The van der Waals surface area contributed by atoms with Crippen LogP contribution in [0.25, 0.3) is 0 Å². The molecule has 0 spiro atoms. The molecule has 0 heterocycles. The van der Waals surface area contributed by atoms with Gasteiger partial charge in [-0.2, -0.15) is 0 Å². The number of carbonyl (C=O) groups excluding carboxylic acids is 4. The molecule has 44 heavy (non-hydrogen) atoms. The number of carbonyl (C=O) groups is 4. The third-order valence-corrected chi connectivity index (χ3v) is 8.57. The lowest BCUT2D eigenvalue weighted by atomic mass is 9.72. The van der Waals surface area contributed by atoms with Gasteiger partial charge in [-0.3, -0.25) is 19.2 Å². The van der Waals surface area contributed by atoms with Crippen LogP contribution in [0.3, 0.4) is 0 Å². The maximum Gasteiger partial charge on any atom is 0.313 e. The van der Waals surface area contributed by atoms with E-state index >= 15 is 0 Å². The summed E-state index contributed by atoms with van der Waals surface area (Å²) >= 11 is 0. The summed E-state index contributed by atoms with van der Waals surface area (Å²) in [6.07, 6.45) is 3.87. The van der Waals surface area contributed by atoms with Crippen LogP contribution >= 0.6 is 0 Å². The summed E-state index contributed by atoms with van der Waals surface area (Å²) in [5, 5.41) is 17.9. The Labute approximate surface area is 262 Å². The Morgan fingerprint density at radius 1 is 0.568 bits per heavy atom. The molecule has 1 aliphatic rings. The van der Waals surface area contributed by atoms with Crippen LogP contribution in [0.2, 0.25) is 0 Å². The van der Waals surface area contributed by atoms with Gasteiger partial charge < -0.3 is 38.6 Å². The second-order valence-corrected chi connectivity index (χ2v) is 13.5. The summed E-state index contributed by atoms with van der Waals surface area (Å²) in [5.41, 5.74) is -3.71. The average molecular weight is 633 g/mol. The lowest BCUT2D eigenvalue weighted by Gasteiger charge is -2.34. The van der Waals surface area contributed by atoms with Gasteiger partial charge in [-0.05, 0) is 92.9 Å². The minimum atomic E-state index is -0.956. The molecule has 12 heteroatoms. The molecule has 1 fully saturated rings. The molecule has 1 rings (SSSR count). The molecular weight excluding hydrogens is 576 g/mol. The average Bonchev–Trinajstić information content (AvgIpc) is 2.98. The SMILES string of the molecule is CCC(C)(CC(C)(C)C(=O)OCOC1CCC(OCOC(=O)C(C)(CC)CC(C)(C)C(=O)OCCO)CC1)C(=O)OCCO. The molecule has 0 aromatic rings. The zero-order valence-corrected chi connectivity index (χ0v) is 28.0. The molecule has 0 radical (unpaired) electrons. The van der Waals surface area contributed by atoms with Gasteiger partial charge in [0.25, 0.3) is 0 Å². The molecule has 0 bridgehead atoms. The molecule has 0 saturated heterocycles. The zero-order valence-electron chi connectivity index (χ0n) is 28.0. The van der Waals surface area contributed by atoms with E-state index in [2.05, 4.69) is 0 Å². The Hall–Kier alpha value is -2.28. The van der Waals surface area contributed by atoms with Crippen molar-refractivity contribution in [2.45, 2.75) is 119 Å². The van der Waals surface area contributed by atoms with E-state index in [9.17, 15) is 19.2 Å². The molecule has 0 aromatic carbocycles. The van der Waals surface area contributed by atoms with Crippen molar-refractivity contribution < 1.29 is 57.8 Å². The minimum absolute atomic E-state index is 0.0883. The molecule has 0 amide bonds. The minimum Gasteiger partial charge on any atom is -0.463 e. The van der Waals surface area contributed by atoms with Crippen molar-refractivity contribution in [3.05, 3.63) is 0 Å². The fourth-order valence-corrected chi connectivity index (χ4v) is 5.53. The van der Waals surface area contributed by atoms with Gasteiger partial charge in [0, 0.05) is 0 Å². The second kappa shape index (κ2) is 18.0. The van der Waals surface area contributed by atoms with Crippen molar-refractivity contribution in [1.82, 2.24) is 0 Å². The first-order valence-electron chi connectivity index (χ1n) is 15.6. The van der Waals surface area contributed by atoms with Gasteiger partial charge >= 0.3 is 23.9 Å². The number of hydrogen-bond acceptors (Lipinski definition) is 12. The smallest absolute Gasteiger partial charge is 0.313 e. The molecule has 2 unspecified atom stereocenters. The molecule has 0 aromatic heterocycles. The van der Waals surface area contributed by atoms with Crippen molar-refractivity contribution in [3.8, 4) is 0 Å². The Morgan fingerprint density at radius 3 is 1.25 bits per heavy atom. The molecular formula is C32H56O12. The second-order valence-electron chi connectivity index (χ2n) is 13.5. The number of esters is 4. The Morgan fingerprint density at radius 2 is 0.886 bits per heavy atom. The van der Waals surface area contributed by atoms with Gasteiger partial charge in [-0.25, -0.2) is 0 Å². The van der Waals surface area contributed by atoms with E-state index in [-0.39, 0.29) is 65.1 Å². The summed E-state index contributed by atoms with van der Waals surface area (Å²) in [6, 6.07) is 0. The third-order valence-electron chi connectivity index (χ3n) is 8.57. The normalized spacial score (nSPS) is 20.1. The number of aliphatic hydroxyl groups excluding tert-OH is 2. The van der Waals surface area contributed by atoms with Crippen LogP contribution in [0.5, 0.6) is 0 Å². The van der Waals surface area contributed by atoms with Crippen LogP contribution in [0, 0.1) is 21.7 Å². The highest BCUT2D eigenvalue weighted by molar-refractivity contribution is 5.81. The lowest BCUT2D eigenvalue weighted by Crippen LogP contribution is -2.39. The fraction of sp³-hybridized carbons (Fsp3) is 0.875. The molecule has 256 valence electrons. The van der Waals surface area contributed by atoms with E-state index in [1.807, 2.05) is 13.8 Å². The Kier molecular flexibility index (Phi) is 16.3. The highest BCUT2D eigenvalue weighted by atomic mass is 16.7. The summed E-state index contributed by atoms with van der Waals surface area (Å²) in [6.45, 7) is 12.9. The maximum atomic E-state index is 12.9. The molecule has 12 nitrogen and oxygen atoms in total. The van der Waals surface area contributed by atoms with E-state index in [1.165, 1.54) is 0 Å². The van der Waals surface area contributed by atoms with E-state index in [1.54, 1.807) is 41.5 Å². The summed E-state index contributed by atoms with van der Waals surface area (Å²) in [5.74, 6) is -1.87. The summed E-state index contributed by atoms with van der Waals surface area (Å²) < 4.78 is 32.6. The van der Waals surface area contributed by atoms with Gasteiger partial charge in [0.1, 0.15) is 13.2 Å². The van der Waals surface area contributed by atoms with E-state index in [0.29, 0.717) is 38.5 Å². The fourth-order valence-electron chi connectivity index (χ4n) is 5.53. The van der Waals surface area contributed by atoms with Gasteiger partial charge in [0.2, 0.25) is 0 Å². The number of hydrogen-bond donors (Lipinski definition) is 2. The van der Waals surface area contributed by atoms with E-state index < -0.39 is 45.5 Å². The standard InChI is InChI=1S/C32H56O12/c1-9-31(7,27(37)40-18-16-34)20-30(5,6)26(36)43-21-41-23-11-13-24(14-12-23)42-22-44-28(38)32(8,10-2)19-29(3,4)25(35)39-17-15-33/h23-24,33-34H,9-22H2,1-8H3. The number of aliphatic hydroxyl groups is 2. The molecule has 0 aliphatic heterocycles. The molecule has 2 N–H and O–H groups in total. The quantitative estimate of drug-likeness (QED) is 0.112. The largest absolute Gasteiger partial charge is 0.463 e. The number of rotatable bonds is 20. The Bertz CT molecular complexity index is 924. The van der Waals surface area contributed by atoms with Crippen molar-refractivity contribution in [2.75, 3.05) is 40.0 Å². The van der Waals surface area contributed by atoms with Crippen LogP contribution in [0.4, 0.5) is 0 Å². The van der Waals surface area contributed by atoms with Crippen LogP contribution < -0.4 is 0 Å². The van der Waals surface area contributed by atoms with Gasteiger partial charge in [-0.15, -0.1) is 0 Å². The first-order valence-corrected chi connectivity index (χ1v) is 15.6. The Balaban J connectivity index is 2.45. The highest BCUT2D eigenvalue weighted by Gasteiger charge is 2.44. The van der Waals surface area contributed by atoms with Crippen LogP contribution in [0.1, 0.15) is 107 Å². The van der Waals surface area contributed by atoms with Crippen LogP contribution in [0.15, 0.2) is 0 Å². The zero-order chi connectivity index (χ0) is 33.6. The van der Waals surface area contributed by atoms with Crippen molar-refractivity contribution >= 4 is 23.9 Å². The van der Waals surface area contributed by atoms with E-state index in [0.717, 1.165) is 0 Å². The van der Waals surface area contributed by atoms with Gasteiger partial charge in [0.15, 0.2) is 13.6 Å². The van der Waals surface area contributed by atoms with Crippen LogP contribution in [-0.2, 0) is 47.6 Å². The molecule has 1 saturated carbocycles. The highest BCUT2D eigenvalue weighted by Crippen LogP contribution is 2.40. The van der Waals surface area contributed by atoms with Gasteiger partial charge in [0.05, 0.1) is 47.1 Å². The monoisotopic (exact) mass is 632 g/mol.